The number of amides is 4. The topological polar surface area (TPSA) is 262 Å². The largest absolute Gasteiger partial charge is 0.481 e. The zero-order valence-corrected chi connectivity index (χ0v) is 74.4. The number of aliphatic carboxylic acids is 1. The molecule has 23 heteroatoms. The number of pyridine rings is 4. The second kappa shape index (κ2) is 47.2. The number of nitrogens with zero attached hydrogens (tertiary/aromatic N) is 10. The molecule has 648 valence electrons. The van der Waals surface area contributed by atoms with Crippen LogP contribution in [0.2, 0.25) is 0 Å². The van der Waals surface area contributed by atoms with Gasteiger partial charge in [0.05, 0.1) is 42.7 Å². The third-order valence-corrected chi connectivity index (χ3v) is 22.6. The molecule has 0 saturated carbocycles. The molecule has 5 aromatic heterocycles. The van der Waals surface area contributed by atoms with Crippen molar-refractivity contribution in [1.29, 1.82) is 0 Å². The molecule has 120 heavy (non-hydrogen) atoms. The smallest absolute Gasteiger partial charge is 0.328 e. The Morgan fingerprint density at radius 2 is 0.767 bits per heavy atom. The molecule has 4 amide bonds. The molecular weight excluding hydrogens is 1550 g/mol. The number of aromatic nitrogens is 6. The highest BCUT2D eigenvalue weighted by Gasteiger charge is 2.38. The number of urea groups is 2. The Labute approximate surface area is 722 Å². The maximum Gasteiger partial charge on any atom is 0.328 e. The fourth-order valence-electron chi connectivity index (χ4n) is 16.8. The van der Waals surface area contributed by atoms with E-state index in [1.807, 2.05) is 150 Å². The lowest BCUT2D eigenvalue weighted by atomic mass is 9.95. The number of imidazole rings is 1. The Hall–Kier alpha value is -9.28. The van der Waals surface area contributed by atoms with Crippen LogP contribution in [-0.2, 0) is 107 Å². The van der Waals surface area contributed by atoms with Crippen LogP contribution in [0.1, 0.15) is 257 Å². The highest BCUT2D eigenvalue weighted by Crippen LogP contribution is 2.34. The summed E-state index contributed by atoms with van der Waals surface area (Å²) >= 11 is 9.53. The number of aryl methyl sites for hydroxylation is 16. The molecule has 2 fully saturated rings. The number of ether oxygens (including phenoxy) is 2. The first-order valence-electron chi connectivity index (χ1n) is 43.6. The normalized spacial score (nSPS) is 15.5. The Bertz CT molecular complexity index is 4700. The lowest BCUT2D eigenvalue weighted by Gasteiger charge is -2.29. The summed E-state index contributed by atoms with van der Waals surface area (Å²) in [6.45, 7) is 22.4. The number of rotatable bonds is 27. The molecule has 0 unspecified atom stereocenters. The summed E-state index contributed by atoms with van der Waals surface area (Å²) in [6.07, 6.45) is 30.1. The van der Waals surface area contributed by atoms with Crippen LogP contribution >= 0.6 is 23.2 Å². The number of aliphatic hydroxyl groups is 1. The van der Waals surface area contributed by atoms with E-state index in [9.17, 15) is 33.9 Å². The van der Waals surface area contributed by atoms with Gasteiger partial charge in [-0.05, 0) is 286 Å². The number of hydrogen-bond donors (Lipinski definition) is 3. The van der Waals surface area contributed by atoms with Gasteiger partial charge in [-0.25, -0.2) is 14.4 Å². The van der Waals surface area contributed by atoms with E-state index in [1.165, 1.54) is 115 Å². The van der Waals surface area contributed by atoms with Crippen LogP contribution < -0.4 is 11.4 Å². The average Bonchev–Trinajstić information content (AvgIpc) is 1.66. The Morgan fingerprint density at radius 1 is 0.442 bits per heavy atom. The van der Waals surface area contributed by atoms with Crippen LogP contribution in [0.5, 0.6) is 0 Å². The number of carbonyl (C=O) groups excluding carboxylic acids is 4. The molecule has 14 rings (SSSR count). The van der Waals surface area contributed by atoms with E-state index in [-0.39, 0.29) is 60.3 Å². The highest BCUT2D eigenvalue weighted by atomic mass is 35.5. The van der Waals surface area contributed by atoms with E-state index in [0.717, 1.165) is 154 Å². The minimum Gasteiger partial charge on any atom is -0.481 e. The van der Waals surface area contributed by atoms with Gasteiger partial charge >= 0.3 is 35.7 Å². The zero-order valence-electron chi connectivity index (χ0n) is 72.9. The third kappa shape index (κ3) is 29.2. The Morgan fingerprint density at radius 3 is 1.11 bits per heavy atom. The van der Waals surface area contributed by atoms with Crippen LogP contribution in [-0.4, -0.2) is 158 Å². The predicted molar refractivity (Wildman–Crippen MR) is 477 cm³/mol. The number of carboxylic acids is 1. The van der Waals surface area contributed by atoms with Gasteiger partial charge in [0.25, 0.3) is 0 Å². The van der Waals surface area contributed by atoms with E-state index in [2.05, 4.69) is 54.6 Å². The van der Waals surface area contributed by atoms with Crippen molar-refractivity contribution in [2.75, 3.05) is 58.3 Å². The lowest BCUT2D eigenvalue weighted by molar-refractivity contribution is -0.157. The van der Waals surface area contributed by atoms with Crippen molar-refractivity contribution in [3.8, 4) is 0 Å². The summed E-state index contributed by atoms with van der Waals surface area (Å²) in [5.74, 6) is -1.49. The van der Waals surface area contributed by atoms with Crippen molar-refractivity contribution in [3.63, 3.8) is 0 Å². The summed E-state index contributed by atoms with van der Waals surface area (Å²) in [7, 11) is 1.00. The van der Waals surface area contributed by atoms with E-state index < -0.39 is 29.3 Å². The molecule has 2 aliphatic heterocycles. The number of fused-ring (bicyclic) bond motifs is 4. The number of aliphatic hydroxyl groups excluding tert-OH is 1. The number of nitrogens with two attached hydrogens (primary N) is 1. The van der Waals surface area contributed by atoms with Crippen molar-refractivity contribution in [1.82, 2.24) is 48.7 Å². The Balaban J connectivity index is 0.000000185. The van der Waals surface area contributed by atoms with Gasteiger partial charge in [0.2, 0.25) is 0 Å². The molecule has 3 atom stereocenters. The molecule has 4 N–H and O–H groups in total. The van der Waals surface area contributed by atoms with E-state index in [0.29, 0.717) is 45.8 Å². The number of carboxylic acid groups (broad SMARTS) is 1. The molecule has 0 bridgehead atoms. The molecule has 6 aliphatic rings. The third-order valence-electron chi connectivity index (χ3n) is 22.6. The van der Waals surface area contributed by atoms with Crippen molar-refractivity contribution in [3.05, 3.63) is 245 Å². The van der Waals surface area contributed by atoms with Gasteiger partial charge in [0.1, 0.15) is 11.2 Å². The number of alkyl halides is 2. The Kier molecular flexibility index (Phi) is 37.2. The summed E-state index contributed by atoms with van der Waals surface area (Å²) in [5.41, 5.74) is 25.6. The number of carbonyl (C=O) groups is 5. The molecule has 7 heterocycles. The fraction of sp³-hybridized carbons (Fsp3) is 0.526. The monoisotopic (exact) mass is 1680 g/mol. The second-order valence-corrected chi connectivity index (χ2v) is 35.2. The summed E-state index contributed by atoms with van der Waals surface area (Å²) in [5, 5.41) is 16.6. The quantitative estimate of drug-likeness (QED) is 0.0319. The molecule has 8 aromatic rings. The SMILES string of the molecule is CO.Cc1cccc([C@H](CC(=O)O)N2CCN(CCCc3ccc4c(n3)CCCC4)C2=O)c1.Cc1cccc([C@H](CC(=O)OC(C)(C)C)N2CCN(CCCc3ccc4c(n3)CCCC4)C2=O)c1.Cc1cccc([C@H](CC(=O)OC(C)(C)C)n2ccn(CCCc3ccc4c(n3)CCCC4)c2=O)c1.ClCCl.NCCCc1ccc2c(n1)CCCC2. The summed E-state index contributed by atoms with van der Waals surface area (Å²) in [4.78, 5) is 103. The van der Waals surface area contributed by atoms with Gasteiger partial charge in [-0.15, -0.1) is 23.2 Å². The minimum atomic E-state index is -0.892. The zero-order chi connectivity index (χ0) is 86.3. The van der Waals surface area contributed by atoms with E-state index >= 15 is 0 Å². The average molecular weight is 1680 g/mol. The van der Waals surface area contributed by atoms with E-state index in [4.69, 9.17) is 63.5 Å². The fourth-order valence-corrected chi connectivity index (χ4v) is 16.8. The van der Waals surface area contributed by atoms with Gasteiger partial charge < -0.3 is 45.0 Å². The van der Waals surface area contributed by atoms with Gasteiger partial charge in [0.15, 0.2) is 0 Å². The van der Waals surface area contributed by atoms with Crippen molar-refractivity contribution in [2.45, 2.75) is 272 Å². The van der Waals surface area contributed by atoms with Gasteiger partial charge in [-0.2, -0.15) is 0 Å². The molecule has 0 spiro atoms. The first-order chi connectivity index (χ1) is 57.7. The molecule has 2 saturated heterocycles. The van der Waals surface area contributed by atoms with Crippen LogP contribution in [0.15, 0.2) is 139 Å². The van der Waals surface area contributed by atoms with Crippen molar-refractivity contribution < 1.29 is 43.7 Å². The standard InChI is InChI=1S/C29H39N3O3.C29H37N3O3.C25H31N3O3.C12H18N2.CH2Cl2.CH4O/c2*1-21-9-7-11-23(19-21)26(20-27(33)35-29(2,3)4)32-18-17-31(28(32)34)16-8-12-24-15-14-22-10-5-6-13-25(22)30-24;1-18-6-4-8-20(16-18)23(17-24(29)30)28-15-14-27(25(28)31)13-5-9-21-12-11-19-7-2-3-10-22(19)26-21;13-9-3-5-11-8-7-10-4-1-2-6-12(10)14-11;2-1-3;1-2/h7,9,11,14-15,19,26H,5-6,8,10,12-13,16-18,20H2,1-4H3;7,9,11,14-15,17-19,26H,5-6,8,10,12-13,16,20H2,1-4H3;4,6,8,11-12,16,23H,2-3,5,7,9-10,13-15,17H2,1H3,(H,29,30);7-8H,1-6,9,13H2;1H2;2H,1H3/t2*26-;23-;;;/m000.../s1. The van der Waals surface area contributed by atoms with Crippen LogP contribution in [0.4, 0.5) is 9.59 Å². The van der Waals surface area contributed by atoms with Crippen LogP contribution in [0.3, 0.4) is 0 Å². The first-order valence-corrected chi connectivity index (χ1v) is 44.7. The molecule has 4 aliphatic carbocycles. The second-order valence-electron chi connectivity index (χ2n) is 34.3. The maximum atomic E-state index is 13.4. The number of hydrogen-bond acceptors (Lipinski definition) is 14. The number of halogens is 2. The lowest BCUT2D eigenvalue weighted by Crippen LogP contribution is -2.37. The molecule has 3 aromatic carbocycles. The maximum absolute atomic E-state index is 13.4. The molecule has 0 radical (unpaired) electrons. The highest BCUT2D eigenvalue weighted by molar-refractivity contribution is 6.40. The van der Waals surface area contributed by atoms with Crippen molar-refractivity contribution in [2.24, 2.45) is 5.73 Å². The van der Waals surface area contributed by atoms with Crippen LogP contribution in [0, 0.1) is 20.8 Å². The van der Waals surface area contributed by atoms with Gasteiger partial charge in [-0.3, -0.25) is 43.5 Å². The summed E-state index contributed by atoms with van der Waals surface area (Å²) < 4.78 is 14.6. The van der Waals surface area contributed by atoms with Gasteiger partial charge in [-0.1, -0.05) is 114 Å². The van der Waals surface area contributed by atoms with Gasteiger partial charge in [0, 0.05) is 111 Å². The number of esters is 2. The molecule has 21 nitrogen and oxygen atoms in total. The predicted octanol–water partition coefficient (Wildman–Crippen LogP) is 17.6. The minimum absolute atomic E-state index is 0.00142. The summed E-state index contributed by atoms with van der Waals surface area (Å²) in [6, 6.07) is 40.1. The van der Waals surface area contributed by atoms with Crippen LogP contribution in [0.25, 0.3) is 0 Å². The molecular formula is C97H131Cl2N11O10. The van der Waals surface area contributed by atoms with E-state index in [1.54, 1.807) is 20.2 Å². The van der Waals surface area contributed by atoms with Crippen molar-refractivity contribution >= 4 is 53.2 Å². The number of benzene rings is 3. The first kappa shape index (κ1) is 94.6.